The molecule has 0 aromatic heterocycles. The minimum Gasteiger partial charge on any atom is -0.423 e. The van der Waals surface area contributed by atoms with E-state index in [2.05, 4.69) is 43.5 Å². The summed E-state index contributed by atoms with van der Waals surface area (Å²) in [5.74, 6) is 6.51. The van der Waals surface area contributed by atoms with E-state index in [1.165, 1.54) is 22.3 Å². The Balaban J connectivity index is 1.92. The van der Waals surface area contributed by atoms with Crippen molar-refractivity contribution in [1.82, 2.24) is 0 Å². The van der Waals surface area contributed by atoms with Crippen LogP contribution in [-0.2, 0) is 17.6 Å². The molecule has 1 aliphatic rings. The van der Waals surface area contributed by atoms with Gasteiger partial charge < -0.3 is 4.74 Å². The number of benzene rings is 2. The molecule has 0 aliphatic heterocycles. The first-order valence-electron chi connectivity index (χ1n) is 8.21. The van der Waals surface area contributed by atoms with Gasteiger partial charge in [0.15, 0.2) is 0 Å². The zero-order chi connectivity index (χ0) is 17.1. The van der Waals surface area contributed by atoms with Crippen molar-refractivity contribution in [2.24, 2.45) is 0 Å². The second-order valence-corrected chi connectivity index (χ2v) is 6.02. The van der Waals surface area contributed by atoms with Crippen LogP contribution in [-0.4, -0.2) is 5.97 Å². The Morgan fingerprint density at radius 1 is 1.12 bits per heavy atom. The highest BCUT2D eigenvalue weighted by Crippen LogP contribution is 2.36. The van der Waals surface area contributed by atoms with Crippen LogP contribution in [0.15, 0.2) is 48.6 Å². The molecule has 2 aromatic rings. The Labute approximate surface area is 143 Å². The van der Waals surface area contributed by atoms with E-state index in [1.807, 2.05) is 18.2 Å². The third-order valence-corrected chi connectivity index (χ3v) is 4.10. The number of esters is 1. The largest absolute Gasteiger partial charge is 0.423 e. The molecule has 120 valence electrons. The Morgan fingerprint density at radius 3 is 2.46 bits per heavy atom. The predicted octanol–water partition coefficient (Wildman–Crippen LogP) is 4.70. The molecule has 0 unspecified atom stereocenters. The first kappa shape index (κ1) is 16.1. The topological polar surface area (TPSA) is 26.3 Å². The molecule has 0 atom stereocenters. The molecule has 2 nitrogen and oxygen atoms in total. The van der Waals surface area contributed by atoms with Gasteiger partial charge >= 0.3 is 5.97 Å². The Hall–Kier alpha value is -2.79. The summed E-state index contributed by atoms with van der Waals surface area (Å²) in [6.07, 6.45) is 2.78. The number of fused-ring (bicyclic) bond motifs is 3. The maximum absolute atomic E-state index is 11.7. The molecule has 0 amide bonds. The van der Waals surface area contributed by atoms with Gasteiger partial charge in [-0.1, -0.05) is 37.5 Å². The van der Waals surface area contributed by atoms with Crippen LogP contribution >= 0.6 is 0 Å². The molecule has 2 heteroatoms. The Bertz CT molecular complexity index is 879. The standard InChI is InChI=1S/C22H20O2/c1-4-5-6-16-7-11-20-17(13-16)8-9-18-14-19(10-12-21(18)20)24-22(23)15(2)3/h7,10-14H,2,4,8-9H2,1,3H3. The van der Waals surface area contributed by atoms with E-state index < -0.39 is 0 Å². The van der Waals surface area contributed by atoms with Gasteiger partial charge in [0.2, 0.25) is 0 Å². The van der Waals surface area contributed by atoms with E-state index >= 15 is 0 Å². The summed E-state index contributed by atoms with van der Waals surface area (Å²) >= 11 is 0. The minimum atomic E-state index is -0.384. The zero-order valence-corrected chi connectivity index (χ0v) is 14.1. The third kappa shape index (κ3) is 3.26. The van der Waals surface area contributed by atoms with E-state index in [0.717, 1.165) is 24.8 Å². The lowest BCUT2D eigenvalue weighted by Crippen LogP contribution is -2.09. The summed E-state index contributed by atoms with van der Waals surface area (Å²) < 4.78 is 5.34. The number of aryl methyl sites for hydroxylation is 2. The van der Waals surface area contributed by atoms with Crippen LogP contribution in [0.1, 0.15) is 37.0 Å². The van der Waals surface area contributed by atoms with Gasteiger partial charge in [0.1, 0.15) is 5.75 Å². The molecule has 0 bridgehead atoms. The molecule has 2 aromatic carbocycles. The maximum atomic E-state index is 11.7. The van der Waals surface area contributed by atoms with Crippen molar-refractivity contribution in [3.05, 3.63) is 65.2 Å². The molecule has 0 spiro atoms. The molecular weight excluding hydrogens is 296 g/mol. The molecule has 0 saturated carbocycles. The van der Waals surface area contributed by atoms with Gasteiger partial charge in [-0.15, -0.1) is 0 Å². The van der Waals surface area contributed by atoms with Crippen molar-refractivity contribution in [2.45, 2.75) is 33.1 Å². The number of ether oxygens (including phenoxy) is 1. The number of carbonyl (C=O) groups is 1. The number of carbonyl (C=O) groups excluding carboxylic acids is 1. The summed E-state index contributed by atoms with van der Waals surface area (Å²) in [5, 5.41) is 0. The van der Waals surface area contributed by atoms with Crippen molar-refractivity contribution in [3.63, 3.8) is 0 Å². The average molecular weight is 316 g/mol. The molecule has 0 radical (unpaired) electrons. The molecule has 0 N–H and O–H groups in total. The van der Waals surface area contributed by atoms with Gasteiger partial charge in [0, 0.05) is 17.6 Å². The SMILES string of the molecule is C=C(C)C(=O)Oc1ccc2c(c1)CCc1cc(C#CCC)ccc1-2. The van der Waals surface area contributed by atoms with Crippen LogP contribution in [0.4, 0.5) is 0 Å². The highest BCUT2D eigenvalue weighted by atomic mass is 16.5. The summed E-state index contributed by atoms with van der Waals surface area (Å²) in [6.45, 7) is 7.32. The van der Waals surface area contributed by atoms with Gasteiger partial charge in [-0.05, 0) is 66.3 Å². The monoisotopic (exact) mass is 316 g/mol. The fourth-order valence-electron chi connectivity index (χ4n) is 2.90. The normalized spacial score (nSPS) is 11.6. The average Bonchev–Trinajstić information content (AvgIpc) is 2.59. The van der Waals surface area contributed by atoms with Crippen molar-refractivity contribution in [1.29, 1.82) is 0 Å². The Kier molecular flexibility index (Phi) is 4.53. The molecule has 0 saturated heterocycles. The third-order valence-electron chi connectivity index (χ3n) is 4.10. The Morgan fingerprint density at radius 2 is 1.79 bits per heavy atom. The van der Waals surface area contributed by atoms with Crippen molar-refractivity contribution >= 4 is 5.97 Å². The van der Waals surface area contributed by atoms with E-state index in [1.54, 1.807) is 6.92 Å². The highest BCUT2D eigenvalue weighted by molar-refractivity contribution is 5.89. The molecule has 0 fully saturated rings. The van der Waals surface area contributed by atoms with Crippen LogP contribution in [0.25, 0.3) is 11.1 Å². The van der Waals surface area contributed by atoms with Crippen molar-refractivity contribution in [2.75, 3.05) is 0 Å². The van der Waals surface area contributed by atoms with Gasteiger partial charge in [-0.3, -0.25) is 0 Å². The van der Waals surface area contributed by atoms with E-state index in [9.17, 15) is 4.79 Å². The summed E-state index contributed by atoms with van der Waals surface area (Å²) in [7, 11) is 0. The highest BCUT2D eigenvalue weighted by Gasteiger charge is 2.17. The fraction of sp³-hybridized carbons (Fsp3) is 0.227. The van der Waals surface area contributed by atoms with Gasteiger partial charge in [-0.25, -0.2) is 4.79 Å². The van der Waals surface area contributed by atoms with E-state index in [0.29, 0.717) is 11.3 Å². The van der Waals surface area contributed by atoms with E-state index in [-0.39, 0.29) is 5.97 Å². The second kappa shape index (κ2) is 6.76. The minimum absolute atomic E-state index is 0.384. The lowest BCUT2D eigenvalue weighted by molar-refractivity contribution is -0.130. The van der Waals surface area contributed by atoms with Gasteiger partial charge in [0.05, 0.1) is 0 Å². The predicted molar refractivity (Wildman–Crippen MR) is 96.9 cm³/mol. The summed E-state index contributed by atoms with van der Waals surface area (Å²) in [5.41, 5.74) is 6.47. The number of rotatable bonds is 2. The fourth-order valence-corrected chi connectivity index (χ4v) is 2.90. The first-order chi connectivity index (χ1) is 11.6. The number of hydrogen-bond acceptors (Lipinski definition) is 2. The molecule has 1 aliphatic carbocycles. The first-order valence-corrected chi connectivity index (χ1v) is 8.21. The van der Waals surface area contributed by atoms with Crippen LogP contribution < -0.4 is 4.74 Å². The molecule has 0 heterocycles. The smallest absolute Gasteiger partial charge is 0.338 e. The number of hydrogen-bond donors (Lipinski definition) is 0. The molecule has 3 rings (SSSR count). The summed E-state index contributed by atoms with van der Waals surface area (Å²) in [6, 6.07) is 12.3. The van der Waals surface area contributed by atoms with Crippen LogP contribution in [0, 0.1) is 11.8 Å². The second-order valence-electron chi connectivity index (χ2n) is 6.02. The van der Waals surface area contributed by atoms with Gasteiger partial charge in [0.25, 0.3) is 0 Å². The molecule has 24 heavy (non-hydrogen) atoms. The van der Waals surface area contributed by atoms with Crippen LogP contribution in [0.2, 0.25) is 0 Å². The quantitative estimate of drug-likeness (QED) is 0.347. The van der Waals surface area contributed by atoms with Crippen molar-refractivity contribution < 1.29 is 9.53 Å². The van der Waals surface area contributed by atoms with Crippen molar-refractivity contribution in [3.8, 4) is 28.7 Å². The van der Waals surface area contributed by atoms with Crippen LogP contribution in [0.3, 0.4) is 0 Å². The lowest BCUT2D eigenvalue weighted by atomic mass is 9.85. The lowest BCUT2D eigenvalue weighted by Gasteiger charge is -2.20. The van der Waals surface area contributed by atoms with Crippen LogP contribution in [0.5, 0.6) is 5.75 Å². The molecular formula is C22H20O2. The van der Waals surface area contributed by atoms with Gasteiger partial charge in [-0.2, -0.15) is 0 Å². The maximum Gasteiger partial charge on any atom is 0.338 e. The van der Waals surface area contributed by atoms with E-state index in [4.69, 9.17) is 4.74 Å². The summed E-state index contributed by atoms with van der Waals surface area (Å²) in [4.78, 5) is 11.7. The zero-order valence-electron chi connectivity index (χ0n) is 14.1.